The molecule has 0 radical (unpaired) electrons. The fourth-order valence-electron chi connectivity index (χ4n) is 1.93. The van der Waals surface area contributed by atoms with Crippen molar-refractivity contribution in [2.24, 2.45) is 0 Å². The van der Waals surface area contributed by atoms with Gasteiger partial charge in [-0.2, -0.15) is 0 Å². The van der Waals surface area contributed by atoms with Crippen molar-refractivity contribution in [3.05, 3.63) is 24.3 Å². The number of urea groups is 1. The molecule has 1 aromatic carbocycles. The van der Waals surface area contributed by atoms with Crippen LogP contribution in [0.15, 0.2) is 24.3 Å². The second-order valence-corrected chi connectivity index (χ2v) is 5.56. The Balaban J connectivity index is 2.15. The molecule has 0 aromatic heterocycles. The van der Waals surface area contributed by atoms with Gasteiger partial charge >= 0.3 is 12.0 Å². The maximum Gasteiger partial charge on any atom is 0.327 e. The molecule has 2 amide bonds. The molecule has 1 aliphatic rings. The van der Waals surface area contributed by atoms with E-state index in [4.69, 9.17) is 10.8 Å². The standard InChI is InChI=1S/C12H15N3O3S/c1-7-15(10(6-19-7)11(16)17)12(18)14-9-5-3-2-4-8(9)13/h2-5,7,10H,6,13H2,1H3,(H,14,18)(H,16,17). The monoisotopic (exact) mass is 281 g/mol. The second-order valence-electron chi connectivity index (χ2n) is 4.21. The molecule has 1 saturated heterocycles. The van der Waals surface area contributed by atoms with Crippen LogP contribution in [0.4, 0.5) is 16.2 Å². The van der Waals surface area contributed by atoms with Gasteiger partial charge in [-0.1, -0.05) is 12.1 Å². The largest absolute Gasteiger partial charge is 0.480 e. The lowest BCUT2D eigenvalue weighted by Gasteiger charge is -2.25. The third-order valence-corrected chi connectivity index (χ3v) is 4.16. The molecule has 6 nitrogen and oxygen atoms in total. The average Bonchev–Trinajstić information content (AvgIpc) is 2.74. The first kappa shape index (κ1) is 13.5. The Labute approximate surface area is 115 Å². The molecule has 1 aliphatic heterocycles. The Bertz CT molecular complexity index is 509. The van der Waals surface area contributed by atoms with Crippen LogP contribution in [-0.4, -0.2) is 39.2 Å². The summed E-state index contributed by atoms with van der Waals surface area (Å²) in [4.78, 5) is 24.6. The van der Waals surface area contributed by atoms with Crippen LogP contribution in [0.1, 0.15) is 6.92 Å². The Morgan fingerprint density at radius 3 is 2.79 bits per heavy atom. The van der Waals surface area contributed by atoms with Gasteiger partial charge in [-0.15, -0.1) is 11.8 Å². The number of rotatable bonds is 2. The Kier molecular flexibility index (Phi) is 3.84. The van der Waals surface area contributed by atoms with Crippen LogP contribution in [-0.2, 0) is 4.79 Å². The van der Waals surface area contributed by atoms with Gasteiger partial charge in [0.1, 0.15) is 6.04 Å². The fourth-order valence-corrected chi connectivity index (χ4v) is 3.10. The summed E-state index contributed by atoms with van der Waals surface area (Å²) in [6.45, 7) is 1.81. The smallest absolute Gasteiger partial charge is 0.327 e. The summed E-state index contributed by atoms with van der Waals surface area (Å²) in [5, 5.41) is 11.6. The van der Waals surface area contributed by atoms with Gasteiger partial charge in [-0.3, -0.25) is 4.90 Å². The number of amides is 2. The molecule has 19 heavy (non-hydrogen) atoms. The summed E-state index contributed by atoms with van der Waals surface area (Å²) in [6.07, 6.45) is 0. The van der Waals surface area contributed by atoms with E-state index in [1.54, 1.807) is 24.3 Å². The lowest BCUT2D eigenvalue weighted by molar-refractivity contribution is -0.141. The van der Waals surface area contributed by atoms with Crippen molar-refractivity contribution in [1.82, 2.24) is 4.90 Å². The van der Waals surface area contributed by atoms with Gasteiger partial charge in [0, 0.05) is 5.75 Å². The molecule has 2 unspecified atom stereocenters. The Hall–Kier alpha value is -1.89. The number of carbonyl (C=O) groups is 2. The van der Waals surface area contributed by atoms with Crippen molar-refractivity contribution in [2.45, 2.75) is 18.3 Å². The zero-order valence-corrected chi connectivity index (χ0v) is 11.2. The first-order valence-corrected chi connectivity index (χ1v) is 6.84. The topological polar surface area (TPSA) is 95.7 Å². The van der Waals surface area contributed by atoms with E-state index in [-0.39, 0.29) is 5.37 Å². The SMILES string of the molecule is CC1SCC(C(=O)O)N1C(=O)Nc1ccccc1N. The molecular weight excluding hydrogens is 266 g/mol. The van der Waals surface area contributed by atoms with E-state index in [0.717, 1.165) is 0 Å². The highest BCUT2D eigenvalue weighted by molar-refractivity contribution is 8.00. The van der Waals surface area contributed by atoms with Crippen LogP contribution in [0, 0.1) is 0 Å². The maximum atomic E-state index is 12.2. The number of carboxylic acid groups (broad SMARTS) is 1. The van der Waals surface area contributed by atoms with Gasteiger partial charge in [0.05, 0.1) is 16.7 Å². The van der Waals surface area contributed by atoms with Gasteiger partial charge in [-0.25, -0.2) is 9.59 Å². The van der Waals surface area contributed by atoms with Crippen molar-refractivity contribution in [1.29, 1.82) is 0 Å². The number of nitrogens with one attached hydrogen (secondary N) is 1. The van der Waals surface area contributed by atoms with Crippen molar-refractivity contribution >= 4 is 35.1 Å². The summed E-state index contributed by atoms with van der Waals surface area (Å²) < 4.78 is 0. The van der Waals surface area contributed by atoms with Crippen molar-refractivity contribution in [2.75, 3.05) is 16.8 Å². The van der Waals surface area contributed by atoms with Crippen molar-refractivity contribution < 1.29 is 14.7 Å². The molecule has 1 fully saturated rings. The maximum absolute atomic E-state index is 12.2. The highest BCUT2D eigenvalue weighted by Crippen LogP contribution is 2.30. The number of nitrogens with zero attached hydrogens (tertiary/aromatic N) is 1. The first-order chi connectivity index (χ1) is 9.00. The highest BCUT2D eigenvalue weighted by atomic mass is 32.2. The molecule has 4 N–H and O–H groups in total. The predicted molar refractivity (Wildman–Crippen MR) is 75.1 cm³/mol. The van der Waals surface area contributed by atoms with Gasteiger partial charge in [0.25, 0.3) is 0 Å². The summed E-state index contributed by atoms with van der Waals surface area (Å²) in [5.41, 5.74) is 6.68. The number of carbonyl (C=O) groups excluding carboxylic acids is 1. The summed E-state index contributed by atoms with van der Waals surface area (Å²) in [6, 6.07) is 5.62. The number of para-hydroxylation sites is 2. The number of aliphatic carboxylic acids is 1. The van der Waals surface area contributed by atoms with Gasteiger partial charge in [-0.05, 0) is 19.1 Å². The molecule has 1 aromatic rings. The average molecular weight is 281 g/mol. The summed E-state index contributed by atoms with van der Waals surface area (Å²) >= 11 is 1.44. The van der Waals surface area contributed by atoms with E-state index in [1.807, 2.05) is 6.92 Å². The molecule has 0 bridgehead atoms. The number of hydrogen-bond donors (Lipinski definition) is 3. The number of nitrogen functional groups attached to an aromatic ring is 1. The van der Waals surface area contributed by atoms with Crippen LogP contribution < -0.4 is 11.1 Å². The molecule has 0 saturated carbocycles. The number of hydrogen-bond acceptors (Lipinski definition) is 4. The van der Waals surface area contributed by atoms with Crippen LogP contribution in [0.25, 0.3) is 0 Å². The van der Waals surface area contributed by atoms with E-state index in [1.165, 1.54) is 16.7 Å². The molecule has 7 heteroatoms. The molecule has 102 valence electrons. The zero-order chi connectivity index (χ0) is 14.0. The summed E-state index contributed by atoms with van der Waals surface area (Å²) in [7, 11) is 0. The van der Waals surface area contributed by atoms with E-state index in [2.05, 4.69) is 5.32 Å². The normalized spacial score (nSPS) is 22.3. The number of thioether (sulfide) groups is 1. The second kappa shape index (κ2) is 5.40. The Morgan fingerprint density at radius 1 is 1.47 bits per heavy atom. The Morgan fingerprint density at radius 2 is 2.16 bits per heavy atom. The van der Waals surface area contributed by atoms with Crippen LogP contribution in [0.3, 0.4) is 0 Å². The van der Waals surface area contributed by atoms with E-state index in [9.17, 15) is 9.59 Å². The van der Waals surface area contributed by atoms with Crippen molar-refractivity contribution in [3.8, 4) is 0 Å². The third kappa shape index (κ3) is 2.76. The molecule has 2 atom stereocenters. The van der Waals surface area contributed by atoms with Crippen LogP contribution >= 0.6 is 11.8 Å². The van der Waals surface area contributed by atoms with E-state index in [0.29, 0.717) is 17.1 Å². The highest BCUT2D eigenvalue weighted by Gasteiger charge is 2.39. The first-order valence-electron chi connectivity index (χ1n) is 5.79. The molecular formula is C12H15N3O3S. The summed E-state index contributed by atoms with van der Waals surface area (Å²) in [5.74, 6) is -0.596. The number of carboxylic acids is 1. The fraction of sp³-hybridized carbons (Fsp3) is 0.333. The minimum atomic E-state index is -0.993. The third-order valence-electron chi connectivity index (χ3n) is 2.94. The number of nitrogens with two attached hydrogens (primary N) is 1. The van der Waals surface area contributed by atoms with E-state index < -0.39 is 18.0 Å². The van der Waals surface area contributed by atoms with Gasteiger partial charge in [0.15, 0.2) is 0 Å². The van der Waals surface area contributed by atoms with Crippen molar-refractivity contribution in [3.63, 3.8) is 0 Å². The van der Waals surface area contributed by atoms with Gasteiger partial charge in [0.2, 0.25) is 0 Å². The molecule has 2 rings (SSSR count). The lowest BCUT2D eigenvalue weighted by atomic mass is 10.2. The van der Waals surface area contributed by atoms with Crippen LogP contribution in [0.5, 0.6) is 0 Å². The quantitative estimate of drug-likeness (QED) is 0.716. The molecule has 0 aliphatic carbocycles. The molecule has 1 heterocycles. The number of anilines is 2. The van der Waals surface area contributed by atoms with Gasteiger partial charge < -0.3 is 16.2 Å². The number of benzene rings is 1. The predicted octanol–water partition coefficient (Wildman–Crippen LogP) is 1.65. The van der Waals surface area contributed by atoms with Crippen LogP contribution in [0.2, 0.25) is 0 Å². The minimum absolute atomic E-state index is 0.175. The molecule has 0 spiro atoms. The lowest BCUT2D eigenvalue weighted by Crippen LogP contribution is -2.46. The zero-order valence-electron chi connectivity index (χ0n) is 10.4. The van der Waals surface area contributed by atoms with E-state index >= 15 is 0 Å². The minimum Gasteiger partial charge on any atom is -0.480 e.